The Bertz CT molecular complexity index is 492. The summed E-state index contributed by atoms with van der Waals surface area (Å²) < 4.78 is 4.94. The summed E-state index contributed by atoms with van der Waals surface area (Å²) in [5, 5.41) is 18.7. The predicted octanol–water partition coefficient (Wildman–Crippen LogP) is 1.48. The van der Waals surface area contributed by atoms with Crippen LogP contribution < -0.4 is 4.74 Å². The average Bonchev–Trinajstić information content (AvgIpc) is 2.25. The molecule has 5 heteroatoms. The van der Waals surface area contributed by atoms with Crippen molar-refractivity contribution in [2.75, 3.05) is 7.11 Å². The van der Waals surface area contributed by atoms with E-state index in [9.17, 15) is 10.1 Å². The van der Waals surface area contributed by atoms with Crippen molar-refractivity contribution in [1.29, 1.82) is 5.26 Å². The van der Waals surface area contributed by atoms with Gasteiger partial charge in [-0.15, -0.1) is 0 Å². The Balaban J connectivity index is 3.26. The molecule has 0 saturated carbocycles. The van der Waals surface area contributed by atoms with Crippen molar-refractivity contribution in [2.24, 2.45) is 0 Å². The number of rotatable bonds is 2. The number of hydrogen-bond donors (Lipinski definition) is 0. The van der Waals surface area contributed by atoms with Crippen LogP contribution in [0.4, 0.5) is 5.69 Å². The maximum Gasteiger partial charge on any atom is 0.270 e. The van der Waals surface area contributed by atoms with Gasteiger partial charge in [0.15, 0.2) is 6.07 Å². The van der Waals surface area contributed by atoms with E-state index in [0.717, 1.165) is 0 Å². The molecule has 0 heterocycles. The van der Waals surface area contributed by atoms with Gasteiger partial charge in [0.05, 0.1) is 17.6 Å². The van der Waals surface area contributed by atoms with Crippen LogP contribution in [0.1, 0.15) is 5.56 Å². The second-order valence-corrected chi connectivity index (χ2v) is 2.50. The van der Waals surface area contributed by atoms with E-state index in [1.165, 1.54) is 25.3 Å². The summed E-state index contributed by atoms with van der Waals surface area (Å²) in [5.41, 5.74) is 0.242. The Labute approximate surface area is 86.0 Å². The third-order valence-corrected chi connectivity index (χ3v) is 1.65. The number of ether oxygens (including phenoxy) is 1. The molecule has 0 N–H and O–H groups in total. The van der Waals surface area contributed by atoms with Crippen LogP contribution in [0, 0.1) is 33.3 Å². The van der Waals surface area contributed by atoms with Crippen molar-refractivity contribution in [3.05, 3.63) is 33.9 Å². The highest BCUT2D eigenvalue weighted by molar-refractivity contribution is 5.53. The largest absolute Gasteiger partial charge is 0.495 e. The van der Waals surface area contributed by atoms with Gasteiger partial charge in [0.2, 0.25) is 0 Å². The number of hydrogen-bond acceptors (Lipinski definition) is 4. The molecule has 0 aliphatic heterocycles. The van der Waals surface area contributed by atoms with Gasteiger partial charge < -0.3 is 4.74 Å². The van der Waals surface area contributed by atoms with E-state index in [0.29, 0.717) is 11.3 Å². The molecule has 0 aliphatic rings. The second-order valence-electron chi connectivity index (χ2n) is 2.50. The molecular formula is C10H6N2O3. The summed E-state index contributed by atoms with van der Waals surface area (Å²) in [7, 11) is 1.43. The van der Waals surface area contributed by atoms with Crippen LogP contribution in [-0.4, -0.2) is 12.0 Å². The number of nitro groups is 1. The van der Waals surface area contributed by atoms with Crippen LogP contribution in [0.25, 0.3) is 0 Å². The molecule has 0 amide bonds. The molecule has 0 aromatic heterocycles. The molecule has 1 aromatic rings. The Hall–Kier alpha value is -2.53. The summed E-state index contributed by atoms with van der Waals surface area (Å²) in [4.78, 5) is 9.95. The topological polar surface area (TPSA) is 76.2 Å². The molecule has 0 atom stereocenters. The molecule has 0 aliphatic carbocycles. The zero-order valence-electron chi connectivity index (χ0n) is 7.85. The number of methoxy groups -OCH3 is 1. The molecule has 0 bridgehead atoms. The van der Waals surface area contributed by atoms with Gasteiger partial charge in [0.1, 0.15) is 5.75 Å². The van der Waals surface area contributed by atoms with Gasteiger partial charge in [-0.3, -0.25) is 10.1 Å². The van der Waals surface area contributed by atoms with E-state index in [4.69, 9.17) is 10.00 Å². The maximum atomic E-state index is 10.5. The van der Waals surface area contributed by atoms with E-state index < -0.39 is 4.92 Å². The van der Waals surface area contributed by atoms with Gasteiger partial charge in [-0.25, -0.2) is 0 Å². The number of nitriles is 1. The van der Waals surface area contributed by atoms with E-state index in [1.54, 1.807) is 6.07 Å². The molecule has 0 saturated heterocycles. The zero-order chi connectivity index (χ0) is 11.3. The number of benzene rings is 1. The van der Waals surface area contributed by atoms with Crippen LogP contribution in [0.5, 0.6) is 5.75 Å². The lowest BCUT2D eigenvalue weighted by Gasteiger charge is -2.01. The molecule has 0 unspecified atom stereocenters. The summed E-state index contributed by atoms with van der Waals surface area (Å²) in [6.07, 6.45) is 0. The minimum atomic E-state index is -0.531. The Morgan fingerprint density at radius 1 is 1.53 bits per heavy atom. The van der Waals surface area contributed by atoms with Gasteiger partial charge >= 0.3 is 0 Å². The number of non-ortho nitro benzene ring substituents is 1. The molecular weight excluding hydrogens is 196 g/mol. The molecule has 0 spiro atoms. The fraction of sp³-hybridized carbons (Fsp3) is 0.100. The first kappa shape index (κ1) is 10.6. The Kier molecular flexibility index (Phi) is 3.26. The minimum absolute atomic E-state index is 0.0851. The highest BCUT2D eigenvalue weighted by Crippen LogP contribution is 2.22. The molecule has 5 nitrogen and oxygen atoms in total. The molecule has 74 valence electrons. The van der Waals surface area contributed by atoms with Crippen molar-refractivity contribution < 1.29 is 9.66 Å². The van der Waals surface area contributed by atoms with Crippen molar-refractivity contribution in [3.63, 3.8) is 0 Å². The third kappa shape index (κ3) is 2.45. The summed E-state index contributed by atoms with van der Waals surface area (Å²) in [5.74, 6) is 5.03. The van der Waals surface area contributed by atoms with Crippen LogP contribution in [0.15, 0.2) is 18.2 Å². The van der Waals surface area contributed by atoms with E-state index in [1.807, 2.05) is 0 Å². The maximum absolute atomic E-state index is 10.5. The second kappa shape index (κ2) is 4.64. The van der Waals surface area contributed by atoms with Crippen molar-refractivity contribution >= 4 is 5.69 Å². The number of nitrogens with zero attached hydrogens (tertiary/aromatic N) is 2. The monoisotopic (exact) mass is 202 g/mol. The lowest BCUT2D eigenvalue weighted by Crippen LogP contribution is -1.92. The molecule has 0 fully saturated rings. The van der Waals surface area contributed by atoms with Crippen LogP contribution >= 0.6 is 0 Å². The highest BCUT2D eigenvalue weighted by Gasteiger charge is 2.09. The number of nitro benzene ring substituents is 1. The summed E-state index contributed by atoms with van der Waals surface area (Å²) >= 11 is 0. The standard InChI is InChI=1S/C10H6N2O3/c1-15-10-5-4-9(12(13)14)7-8(10)3-2-6-11/h4-5,7H,1H3. The first-order chi connectivity index (χ1) is 7.19. The smallest absolute Gasteiger partial charge is 0.270 e. The van der Waals surface area contributed by atoms with Gasteiger partial charge in [-0.1, -0.05) is 0 Å². The Morgan fingerprint density at radius 2 is 2.27 bits per heavy atom. The minimum Gasteiger partial charge on any atom is -0.495 e. The first-order valence-corrected chi connectivity index (χ1v) is 3.91. The molecule has 15 heavy (non-hydrogen) atoms. The lowest BCUT2D eigenvalue weighted by molar-refractivity contribution is -0.384. The lowest BCUT2D eigenvalue weighted by atomic mass is 10.2. The van der Waals surface area contributed by atoms with Crippen LogP contribution in [-0.2, 0) is 0 Å². The predicted molar refractivity (Wildman–Crippen MR) is 52.1 cm³/mol. The van der Waals surface area contributed by atoms with Crippen LogP contribution in [0.3, 0.4) is 0 Å². The SMILES string of the molecule is COc1ccc([N+](=O)[O-])cc1C#CC#N. The van der Waals surface area contributed by atoms with Gasteiger partial charge in [-0.05, 0) is 12.0 Å². The van der Waals surface area contributed by atoms with E-state index in [2.05, 4.69) is 11.8 Å². The fourth-order valence-electron chi connectivity index (χ4n) is 1.00. The first-order valence-electron chi connectivity index (χ1n) is 3.91. The molecule has 1 rings (SSSR count). The molecule has 0 radical (unpaired) electrons. The Morgan fingerprint density at radius 3 is 2.80 bits per heavy atom. The third-order valence-electron chi connectivity index (χ3n) is 1.65. The van der Waals surface area contributed by atoms with Crippen molar-refractivity contribution in [3.8, 4) is 23.7 Å². The van der Waals surface area contributed by atoms with Gasteiger partial charge in [0.25, 0.3) is 5.69 Å². The average molecular weight is 202 g/mol. The normalized spacial score (nSPS) is 8.27. The quantitative estimate of drug-likeness (QED) is 0.413. The van der Waals surface area contributed by atoms with E-state index in [-0.39, 0.29) is 5.69 Å². The van der Waals surface area contributed by atoms with Gasteiger partial charge in [-0.2, -0.15) is 5.26 Å². The summed E-state index contributed by atoms with van der Waals surface area (Å²) in [6, 6.07) is 5.66. The molecule has 1 aromatic carbocycles. The van der Waals surface area contributed by atoms with Gasteiger partial charge in [0, 0.05) is 18.1 Å². The fourth-order valence-corrected chi connectivity index (χ4v) is 1.00. The van der Waals surface area contributed by atoms with Crippen molar-refractivity contribution in [2.45, 2.75) is 0 Å². The van der Waals surface area contributed by atoms with Crippen molar-refractivity contribution in [1.82, 2.24) is 0 Å². The highest BCUT2D eigenvalue weighted by atomic mass is 16.6. The van der Waals surface area contributed by atoms with E-state index >= 15 is 0 Å². The van der Waals surface area contributed by atoms with Crippen LogP contribution in [0.2, 0.25) is 0 Å². The zero-order valence-corrected chi connectivity index (χ0v) is 7.85. The summed E-state index contributed by atoms with van der Waals surface area (Å²) in [6.45, 7) is 0.